The van der Waals surface area contributed by atoms with Gasteiger partial charge in [0, 0.05) is 16.5 Å². The van der Waals surface area contributed by atoms with E-state index in [1.165, 1.54) is 11.1 Å². The molecule has 2 nitrogen and oxygen atoms in total. The van der Waals surface area contributed by atoms with E-state index in [0.717, 1.165) is 51.6 Å². The molecule has 0 saturated carbocycles. The largest absolute Gasteiger partial charge is 0.365 e. The Morgan fingerprint density at radius 2 is 2.00 bits per heavy atom. The first kappa shape index (κ1) is 18.9. The average molecular weight is 471 g/mol. The van der Waals surface area contributed by atoms with Gasteiger partial charge in [0.15, 0.2) is 0 Å². The van der Waals surface area contributed by atoms with E-state index in [1.807, 2.05) is 0 Å². The fraction of sp³-hybridized carbons (Fsp3) is 0.450. The summed E-state index contributed by atoms with van der Waals surface area (Å²) in [6, 6.07) is 6.53. The van der Waals surface area contributed by atoms with Gasteiger partial charge in [-0.15, -0.1) is 0 Å². The van der Waals surface area contributed by atoms with E-state index in [1.54, 1.807) is 0 Å². The maximum Gasteiger partial charge on any atom is 0.130 e. The Morgan fingerprint density at radius 1 is 1.23 bits per heavy atom. The van der Waals surface area contributed by atoms with Gasteiger partial charge in [-0.05, 0) is 47.7 Å². The van der Waals surface area contributed by atoms with Gasteiger partial charge in [0.25, 0.3) is 0 Å². The molecular weight excluding hydrogens is 449 g/mol. The van der Waals surface area contributed by atoms with Crippen LogP contribution in [0.3, 0.4) is 0 Å². The van der Waals surface area contributed by atoms with E-state index in [4.69, 9.17) is 32.9 Å². The molecule has 0 N–H and O–H groups in total. The summed E-state index contributed by atoms with van der Waals surface area (Å²) in [4.78, 5) is 4.81. The number of aromatic nitrogens is 1. The molecule has 4 rings (SSSR count). The smallest absolute Gasteiger partial charge is 0.130 e. The lowest BCUT2D eigenvalue weighted by molar-refractivity contribution is -0.0853. The molecule has 1 aliphatic carbocycles. The second-order valence-corrected chi connectivity index (χ2v) is 15.0. The van der Waals surface area contributed by atoms with Gasteiger partial charge in [0.2, 0.25) is 0 Å². The molecule has 0 fully saturated rings. The topological polar surface area (TPSA) is 22.1 Å². The number of aryl methyl sites for hydroxylation is 1. The van der Waals surface area contributed by atoms with E-state index in [9.17, 15) is 0 Å². The van der Waals surface area contributed by atoms with Crippen molar-refractivity contribution in [1.29, 1.82) is 0 Å². The highest BCUT2D eigenvalue weighted by atomic mass is 79.9. The fourth-order valence-electron chi connectivity index (χ4n) is 4.30. The van der Waals surface area contributed by atoms with Crippen LogP contribution in [0.5, 0.6) is 0 Å². The molecule has 1 aliphatic heterocycles. The second kappa shape index (κ2) is 6.59. The molecule has 0 radical (unpaired) electrons. The number of hydrogen-bond acceptors (Lipinski definition) is 2. The third-order valence-corrected chi connectivity index (χ3v) is 9.05. The van der Waals surface area contributed by atoms with E-state index in [-0.39, 0.29) is 5.60 Å². The van der Waals surface area contributed by atoms with Crippen molar-refractivity contribution in [2.75, 3.05) is 0 Å². The third kappa shape index (κ3) is 3.08. The number of rotatable bonds is 1. The van der Waals surface area contributed by atoms with Crippen molar-refractivity contribution in [2.24, 2.45) is 0 Å². The first-order valence-electron chi connectivity index (χ1n) is 9.01. The molecule has 1 spiro atoms. The van der Waals surface area contributed by atoms with Crippen molar-refractivity contribution in [2.45, 2.75) is 57.5 Å². The van der Waals surface area contributed by atoms with Gasteiger partial charge in [0.1, 0.15) is 5.15 Å². The summed E-state index contributed by atoms with van der Waals surface area (Å²) in [7, 11) is -1.68. The highest BCUT2D eigenvalue weighted by molar-refractivity contribution is 9.10. The van der Waals surface area contributed by atoms with Crippen LogP contribution in [-0.2, 0) is 29.8 Å². The number of benzene rings is 1. The minimum absolute atomic E-state index is 0.315. The molecule has 26 heavy (non-hydrogen) atoms. The van der Waals surface area contributed by atoms with Gasteiger partial charge < -0.3 is 4.74 Å². The normalized spacial score (nSPS) is 22.2. The van der Waals surface area contributed by atoms with Gasteiger partial charge >= 0.3 is 0 Å². The van der Waals surface area contributed by atoms with Crippen LogP contribution < -0.4 is 5.19 Å². The standard InChI is InChI=1S/C20H22BrCl2NOSi/c1-26(2,3)18-17(22)14-11-25-20(10-16(14)24-19(18)23)8-4-5-12-6-7-13(21)9-15(12)20/h6-7,9H,4-5,8,10-11H2,1-3H3/t20-/m0/s1. The molecule has 138 valence electrons. The minimum atomic E-state index is -1.68. The molecule has 0 amide bonds. The van der Waals surface area contributed by atoms with Crippen molar-refractivity contribution in [3.05, 3.63) is 55.2 Å². The number of hydrogen-bond donors (Lipinski definition) is 0. The van der Waals surface area contributed by atoms with E-state index in [2.05, 4.69) is 53.8 Å². The first-order valence-corrected chi connectivity index (χ1v) is 14.1. The number of pyridine rings is 1. The Morgan fingerprint density at radius 3 is 2.73 bits per heavy atom. The monoisotopic (exact) mass is 469 g/mol. The van der Waals surface area contributed by atoms with Gasteiger partial charge in [-0.3, -0.25) is 0 Å². The fourth-order valence-corrected chi connectivity index (χ4v) is 8.34. The van der Waals surface area contributed by atoms with Crippen molar-refractivity contribution in [3.63, 3.8) is 0 Å². The average Bonchev–Trinajstić information content (AvgIpc) is 2.54. The Bertz CT molecular complexity index is 896. The SMILES string of the molecule is C[Si](C)(C)c1c(Cl)nc2c(c1Cl)CO[C@@]1(CCCc3ccc(Br)cc31)C2. The second-order valence-electron chi connectivity index (χ2n) is 8.38. The van der Waals surface area contributed by atoms with Crippen molar-refractivity contribution < 1.29 is 4.74 Å². The highest BCUT2D eigenvalue weighted by Crippen LogP contribution is 2.46. The van der Waals surface area contributed by atoms with Crippen LogP contribution in [0.1, 0.15) is 35.2 Å². The molecular formula is C20H22BrCl2NOSi. The van der Waals surface area contributed by atoms with Crippen LogP contribution in [0, 0.1) is 0 Å². The molecule has 6 heteroatoms. The Balaban J connectivity index is 1.82. The maximum absolute atomic E-state index is 6.79. The van der Waals surface area contributed by atoms with E-state index >= 15 is 0 Å². The molecule has 2 heterocycles. The molecule has 2 aromatic rings. The zero-order valence-corrected chi connectivity index (χ0v) is 19.4. The molecule has 1 atom stereocenters. The van der Waals surface area contributed by atoms with Crippen LogP contribution in [0.25, 0.3) is 0 Å². The minimum Gasteiger partial charge on any atom is -0.365 e. The quantitative estimate of drug-likeness (QED) is 0.376. The maximum atomic E-state index is 6.79. The summed E-state index contributed by atoms with van der Waals surface area (Å²) in [5, 5.41) is 2.40. The Hall–Kier alpha value is -0.393. The number of fused-ring (bicyclic) bond motifs is 3. The Kier molecular flexibility index (Phi) is 4.80. The summed E-state index contributed by atoms with van der Waals surface area (Å²) in [6.07, 6.45) is 3.96. The van der Waals surface area contributed by atoms with Crippen LogP contribution in [-0.4, -0.2) is 13.1 Å². The molecule has 2 aliphatic rings. The van der Waals surface area contributed by atoms with Crippen molar-refractivity contribution >= 4 is 52.4 Å². The van der Waals surface area contributed by atoms with Gasteiger partial charge in [-0.1, -0.05) is 64.8 Å². The van der Waals surface area contributed by atoms with E-state index in [0.29, 0.717) is 11.8 Å². The highest BCUT2D eigenvalue weighted by Gasteiger charge is 2.43. The van der Waals surface area contributed by atoms with Gasteiger partial charge in [0.05, 0.1) is 31.0 Å². The zero-order chi connectivity index (χ0) is 18.7. The lowest BCUT2D eigenvalue weighted by Crippen LogP contribution is -2.44. The number of nitrogens with zero attached hydrogens (tertiary/aromatic N) is 1. The van der Waals surface area contributed by atoms with Crippen molar-refractivity contribution in [3.8, 4) is 0 Å². The molecule has 1 aromatic carbocycles. The first-order chi connectivity index (χ1) is 12.2. The molecule has 0 bridgehead atoms. The third-order valence-electron chi connectivity index (χ3n) is 5.56. The van der Waals surface area contributed by atoms with E-state index < -0.39 is 8.07 Å². The summed E-state index contributed by atoms with van der Waals surface area (Å²) < 4.78 is 7.62. The summed E-state index contributed by atoms with van der Waals surface area (Å²) in [6.45, 7) is 7.23. The van der Waals surface area contributed by atoms with Crippen molar-refractivity contribution in [1.82, 2.24) is 4.98 Å². The molecule has 0 saturated heterocycles. The van der Waals surface area contributed by atoms with Crippen LogP contribution in [0.2, 0.25) is 29.8 Å². The number of halogens is 3. The predicted octanol–water partition coefficient (Wildman–Crippen LogP) is 6.00. The lowest BCUT2D eigenvalue weighted by Gasteiger charge is -2.42. The lowest BCUT2D eigenvalue weighted by atomic mass is 9.75. The molecule has 1 aromatic heterocycles. The summed E-state index contributed by atoms with van der Waals surface area (Å²) in [5.41, 5.74) is 4.37. The Labute approximate surface area is 174 Å². The summed E-state index contributed by atoms with van der Waals surface area (Å²) in [5.74, 6) is 0. The number of ether oxygens (including phenoxy) is 1. The van der Waals surface area contributed by atoms with Crippen LogP contribution in [0.15, 0.2) is 22.7 Å². The van der Waals surface area contributed by atoms with Gasteiger partial charge in [-0.2, -0.15) is 0 Å². The van der Waals surface area contributed by atoms with Crippen LogP contribution >= 0.6 is 39.1 Å². The zero-order valence-electron chi connectivity index (χ0n) is 15.3. The van der Waals surface area contributed by atoms with Gasteiger partial charge in [-0.25, -0.2) is 4.98 Å². The van der Waals surface area contributed by atoms with Crippen LogP contribution in [0.4, 0.5) is 0 Å². The molecule has 0 unspecified atom stereocenters. The summed E-state index contributed by atoms with van der Waals surface area (Å²) >= 11 is 17.0. The predicted molar refractivity (Wildman–Crippen MR) is 114 cm³/mol.